The molecule has 3 rings (SSSR count). The summed E-state index contributed by atoms with van der Waals surface area (Å²) in [6.45, 7) is 1.91. The second-order valence-electron chi connectivity index (χ2n) is 6.27. The lowest BCUT2D eigenvalue weighted by molar-refractivity contribution is -0.313. The smallest absolute Gasteiger partial charge is 0.220 e. The zero-order valence-corrected chi connectivity index (χ0v) is 13.5. The van der Waals surface area contributed by atoms with Gasteiger partial charge < -0.3 is 32.1 Å². The van der Waals surface area contributed by atoms with Crippen LogP contribution in [-0.2, 0) is 0 Å². The number of quaternary nitrogens is 1. The Morgan fingerprint density at radius 1 is 1.35 bits per heavy atom. The minimum absolute atomic E-state index is 0.191. The van der Waals surface area contributed by atoms with Crippen molar-refractivity contribution in [2.24, 2.45) is 5.73 Å². The quantitative estimate of drug-likeness (QED) is 0.494. The second-order valence-corrected chi connectivity index (χ2v) is 6.27. The molecule has 23 heavy (non-hydrogen) atoms. The molecule has 2 atom stereocenters. The number of phenols is 1. The fourth-order valence-electron chi connectivity index (χ4n) is 3.43. The summed E-state index contributed by atoms with van der Waals surface area (Å²) in [7, 11) is 1.86. The molecule has 2 bridgehead atoms. The summed E-state index contributed by atoms with van der Waals surface area (Å²) < 4.78 is 0. The summed E-state index contributed by atoms with van der Waals surface area (Å²) in [5.41, 5.74) is 12.5. The van der Waals surface area contributed by atoms with E-state index in [0.29, 0.717) is 23.3 Å². The molecule has 6 heteroatoms. The van der Waals surface area contributed by atoms with Gasteiger partial charge in [0.2, 0.25) is 5.82 Å². The van der Waals surface area contributed by atoms with Gasteiger partial charge >= 0.3 is 0 Å². The number of piperazine rings is 1. The Morgan fingerprint density at radius 3 is 2.61 bits per heavy atom. The molecule has 0 amide bonds. The third-order valence-electron chi connectivity index (χ3n) is 4.68. The maximum Gasteiger partial charge on any atom is 0.220 e. The van der Waals surface area contributed by atoms with Gasteiger partial charge in [-0.25, -0.2) is 0 Å². The fourth-order valence-corrected chi connectivity index (χ4v) is 3.43. The van der Waals surface area contributed by atoms with Crippen LogP contribution >= 0.6 is 0 Å². The lowest BCUT2D eigenvalue weighted by Gasteiger charge is -2.35. The normalized spacial score (nSPS) is 25.3. The number of para-hydroxylation sites is 1. The number of likely N-dealkylation sites (tertiary alicyclic amines) is 1. The molecule has 2 heterocycles. The molecule has 0 spiro atoms. The van der Waals surface area contributed by atoms with E-state index in [4.69, 9.17) is 5.73 Å². The maximum absolute atomic E-state index is 10.0. The number of allylic oxidation sites excluding steroid dienone is 1. The van der Waals surface area contributed by atoms with Crippen molar-refractivity contribution in [2.75, 3.05) is 20.1 Å². The Bertz CT molecular complexity index is 628. The monoisotopic (exact) mass is 316 g/mol. The molecular weight excluding hydrogens is 290 g/mol. The van der Waals surface area contributed by atoms with Gasteiger partial charge in [0.1, 0.15) is 11.4 Å². The number of nitrogens with zero attached hydrogens (tertiary/aromatic N) is 1. The van der Waals surface area contributed by atoms with Crippen molar-refractivity contribution < 1.29 is 10.8 Å². The van der Waals surface area contributed by atoms with E-state index in [0.717, 1.165) is 24.6 Å². The highest BCUT2D eigenvalue weighted by Gasteiger charge is 2.33. The van der Waals surface area contributed by atoms with Crippen LogP contribution in [0.25, 0.3) is 5.70 Å². The highest BCUT2D eigenvalue weighted by molar-refractivity contribution is 5.69. The number of hydrogen-bond donors (Lipinski definition) is 5. The Kier molecular flexibility index (Phi) is 4.45. The molecule has 2 fully saturated rings. The molecule has 0 saturated carbocycles. The van der Waals surface area contributed by atoms with Crippen molar-refractivity contribution >= 4 is 5.70 Å². The van der Waals surface area contributed by atoms with E-state index < -0.39 is 0 Å². The molecule has 6 nitrogen and oxygen atoms in total. The number of nitrogens with two attached hydrogens (primary N) is 1. The lowest BCUT2D eigenvalue weighted by atomic mass is 10.1. The Labute approximate surface area is 136 Å². The van der Waals surface area contributed by atoms with E-state index in [9.17, 15) is 5.11 Å². The van der Waals surface area contributed by atoms with Gasteiger partial charge in [-0.2, -0.15) is 0 Å². The van der Waals surface area contributed by atoms with Gasteiger partial charge in [0.05, 0.1) is 0 Å². The van der Waals surface area contributed by atoms with Crippen molar-refractivity contribution in [3.8, 4) is 5.75 Å². The highest BCUT2D eigenvalue weighted by atomic mass is 16.3. The molecule has 2 aliphatic rings. The van der Waals surface area contributed by atoms with Crippen molar-refractivity contribution in [3.63, 3.8) is 0 Å². The minimum Gasteiger partial charge on any atom is -0.507 e. The van der Waals surface area contributed by atoms with E-state index in [1.807, 2.05) is 25.3 Å². The summed E-state index contributed by atoms with van der Waals surface area (Å²) >= 11 is 0. The first-order valence-electron chi connectivity index (χ1n) is 8.09. The SMILES string of the molecule is CN/C([NH3+])=C(\C=C(/N)c1ccccc1O)N1CC2CCC(C1)N2. The third kappa shape index (κ3) is 3.28. The van der Waals surface area contributed by atoms with Crippen LogP contribution in [0.15, 0.2) is 41.9 Å². The zero-order chi connectivity index (χ0) is 16.4. The molecule has 2 unspecified atom stereocenters. The zero-order valence-electron chi connectivity index (χ0n) is 13.5. The van der Waals surface area contributed by atoms with Gasteiger partial charge in [0.15, 0.2) is 0 Å². The van der Waals surface area contributed by atoms with Crippen LogP contribution in [0.3, 0.4) is 0 Å². The average molecular weight is 316 g/mol. The predicted molar refractivity (Wildman–Crippen MR) is 90.8 cm³/mol. The molecule has 8 N–H and O–H groups in total. The summed E-state index contributed by atoms with van der Waals surface area (Å²) in [4.78, 5) is 2.34. The minimum atomic E-state index is 0.191. The van der Waals surface area contributed by atoms with Gasteiger partial charge in [-0.3, -0.25) is 0 Å². The van der Waals surface area contributed by atoms with Crippen molar-refractivity contribution in [2.45, 2.75) is 24.9 Å². The summed E-state index contributed by atoms with van der Waals surface area (Å²) in [5.74, 6) is 1.03. The van der Waals surface area contributed by atoms with Gasteiger partial charge in [-0.05, 0) is 31.1 Å². The van der Waals surface area contributed by atoms with Crippen molar-refractivity contribution in [1.82, 2.24) is 15.5 Å². The molecule has 124 valence electrons. The topological polar surface area (TPSA) is 101 Å². The molecule has 0 aliphatic carbocycles. The van der Waals surface area contributed by atoms with Gasteiger partial charge in [-0.15, -0.1) is 0 Å². The number of benzene rings is 1. The molecule has 0 radical (unpaired) electrons. The van der Waals surface area contributed by atoms with Crippen LogP contribution in [0, 0.1) is 0 Å². The first kappa shape index (κ1) is 15.7. The van der Waals surface area contributed by atoms with Crippen LogP contribution in [0.5, 0.6) is 5.75 Å². The molecule has 2 saturated heterocycles. The van der Waals surface area contributed by atoms with Crippen molar-refractivity contribution in [1.29, 1.82) is 0 Å². The summed E-state index contributed by atoms with van der Waals surface area (Å²) in [5, 5.41) is 16.8. The van der Waals surface area contributed by atoms with Gasteiger partial charge in [-0.1, -0.05) is 12.1 Å². The summed E-state index contributed by atoms with van der Waals surface area (Å²) in [6, 6.07) is 8.20. The molecule has 0 aromatic heterocycles. The van der Waals surface area contributed by atoms with E-state index in [1.54, 1.807) is 12.1 Å². The molecule has 1 aromatic rings. The van der Waals surface area contributed by atoms with E-state index in [-0.39, 0.29) is 5.75 Å². The molecular formula is C17H26N5O+. The molecule has 1 aromatic carbocycles. The number of fused-ring (bicyclic) bond motifs is 2. The standard InChI is InChI=1S/C17H25N5O/c1-20-17(19)15(22-9-11-6-7-12(10-22)21-11)8-14(18)13-4-2-3-5-16(13)23/h2-5,8,11-12,20-21,23H,6-7,9-10,18-19H2,1H3/p+1/b14-8-,17-15+. The van der Waals surface area contributed by atoms with E-state index >= 15 is 0 Å². The van der Waals surface area contributed by atoms with Crippen LogP contribution in [-0.4, -0.2) is 42.2 Å². The lowest BCUT2D eigenvalue weighted by Crippen LogP contribution is -2.58. The van der Waals surface area contributed by atoms with Gasteiger partial charge in [0, 0.05) is 43.5 Å². The first-order chi connectivity index (χ1) is 11.1. The number of nitrogens with one attached hydrogen (secondary N) is 2. The molecule has 2 aliphatic heterocycles. The maximum atomic E-state index is 10.0. The fraction of sp³-hybridized carbons (Fsp3) is 0.412. The Hall–Kier alpha value is -2.18. The van der Waals surface area contributed by atoms with Crippen LogP contribution in [0.1, 0.15) is 18.4 Å². The van der Waals surface area contributed by atoms with Crippen LogP contribution < -0.4 is 22.1 Å². The summed E-state index contributed by atoms with van der Waals surface area (Å²) in [6.07, 6.45) is 4.36. The van der Waals surface area contributed by atoms with E-state index in [1.165, 1.54) is 12.8 Å². The van der Waals surface area contributed by atoms with Crippen LogP contribution in [0.4, 0.5) is 0 Å². The number of rotatable bonds is 4. The number of aromatic hydroxyl groups is 1. The van der Waals surface area contributed by atoms with Crippen molar-refractivity contribution in [3.05, 3.63) is 47.4 Å². The Morgan fingerprint density at radius 2 is 2.00 bits per heavy atom. The largest absolute Gasteiger partial charge is 0.507 e. The second kappa shape index (κ2) is 6.52. The van der Waals surface area contributed by atoms with Crippen LogP contribution in [0.2, 0.25) is 0 Å². The average Bonchev–Trinajstić information content (AvgIpc) is 2.90. The number of phenolic OH excluding ortho intramolecular Hbond substituents is 1. The number of hydrogen-bond acceptors (Lipinski definition) is 5. The highest BCUT2D eigenvalue weighted by Crippen LogP contribution is 2.26. The first-order valence-corrected chi connectivity index (χ1v) is 8.09. The van der Waals surface area contributed by atoms with E-state index in [2.05, 4.69) is 21.3 Å². The van der Waals surface area contributed by atoms with Gasteiger partial charge in [0.25, 0.3) is 0 Å². The predicted octanol–water partition coefficient (Wildman–Crippen LogP) is -0.242. The third-order valence-corrected chi connectivity index (χ3v) is 4.68. The Balaban J connectivity index is 1.91.